The number of rotatable bonds is 2. The van der Waals surface area contributed by atoms with Crippen LogP contribution in [0.15, 0.2) is 40.1 Å². The van der Waals surface area contributed by atoms with E-state index in [1.807, 2.05) is 31.2 Å². The van der Waals surface area contributed by atoms with Crippen LogP contribution < -0.4 is 18.9 Å². The fourth-order valence-corrected chi connectivity index (χ4v) is 1.33. The fourth-order valence-electron chi connectivity index (χ4n) is 1.33. The van der Waals surface area contributed by atoms with E-state index in [1.165, 1.54) is 6.54 Å². The van der Waals surface area contributed by atoms with Crippen LogP contribution in [0.25, 0.3) is 16.7 Å². The Bertz CT molecular complexity index is 547. The Morgan fingerprint density at radius 3 is 2.65 bits per heavy atom. The monoisotopic (exact) mass is 263 g/mol. The van der Waals surface area contributed by atoms with E-state index < -0.39 is 0 Å². The number of hydrogen-bond donors (Lipinski definition) is 1. The van der Waals surface area contributed by atoms with Crippen molar-refractivity contribution in [1.29, 1.82) is 5.53 Å². The smallest absolute Gasteiger partial charge is 0.667 e. The predicted molar refractivity (Wildman–Crippen MR) is 78.4 cm³/mol. The first-order valence-corrected chi connectivity index (χ1v) is 5.59. The van der Waals surface area contributed by atoms with Crippen LogP contribution in [-0.4, -0.2) is 6.54 Å². The standard InChI is InChI=1S/C9H7N2O.C5H8N.CH3.Li/c10-11-6-7-1-2-9-8(5-7)3-4-12-9;1-2-3-4-5-6;;/h1-6,10H;6H,2,5H2,1H3;1H3;/q3*-1;+1. The van der Waals surface area contributed by atoms with Gasteiger partial charge in [-0.05, 0) is 11.5 Å². The van der Waals surface area contributed by atoms with Gasteiger partial charge in [-0.3, -0.25) is 0 Å². The summed E-state index contributed by atoms with van der Waals surface area (Å²) in [6.45, 7) is 3.71. The summed E-state index contributed by atoms with van der Waals surface area (Å²) in [4.78, 5) is 0. The first-order chi connectivity index (χ1) is 8.81. The second-order valence-electron chi connectivity index (χ2n) is 3.36. The summed E-state index contributed by atoms with van der Waals surface area (Å²) in [6.07, 6.45) is 2.52. The molecule has 0 atom stereocenters. The van der Waals surface area contributed by atoms with Gasteiger partial charge in [0.05, 0.1) is 6.26 Å². The second kappa shape index (κ2) is 12.4. The molecule has 2 N–H and O–H groups in total. The van der Waals surface area contributed by atoms with Crippen molar-refractivity contribution in [1.82, 2.24) is 0 Å². The van der Waals surface area contributed by atoms with Crippen molar-refractivity contribution in [3.05, 3.63) is 55.8 Å². The van der Waals surface area contributed by atoms with Crippen molar-refractivity contribution in [2.45, 2.75) is 13.3 Å². The quantitative estimate of drug-likeness (QED) is 0.382. The molecule has 4 nitrogen and oxygen atoms in total. The maximum Gasteiger partial charge on any atom is 1.00 e. The molecule has 0 unspecified atom stereocenters. The van der Waals surface area contributed by atoms with Crippen LogP contribution in [-0.2, 0) is 0 Å². The third kappa shape index (κ3) is 7.06. The van der Waals surface area contributed by atoms with Gasteiger partial charge in [-0.1, -0.05) is 26.1 Å². The summed E-state index contributed by atoms with van der Waals surface area (Å²) in [7, 11) is 0. The van der Waals surface area contributed by atoms with Gasteiger partial charge in [0.25, 0.3) is 0 Å². The van der Waals surface area contributed by atoms with Crippen molar-refractivity contribution in [2.24, 2.45) is 5.11 Å². The zero-order valence-corrected chi connectivity index (χ0v) is 12.2. The molecule has 0 aliphatic carbocycles. The summed E-state index contributed by atoms with van der Waals surface area (Å²) in [5, 5.41) is 4.23. The molecule has 0 radical (unpaired) electrons. The molecule has 0 aliphatic rings. The molecule has 0 saturated heterocycles. The van der Waals surface area contributed by atoms with Gasteiger partial charge in [-0.2, -0.15) is 17.7 Å². The Morgan fingerprint density at radius 1 is 1.35 bits per heavy atom. The Morgan fingerprint density at radius 2 is 2.10 bits per heavy atom. The Hall–Kier alpha value is -1.65. The minimum absolute atomic E-state index is 0. The molecule has 2 rings (SSSR count). The minimum atomic E-state index is 0. The van der Waals surface area contributed by atoms with Crippen LogP contribution in [0.4, 0.5) is 0 Å². The van der Waals surface area contributed by atoms with Crippen molar-refractivity contribution in [3.63, 3.8) is 0 Å². The second-order valence-corrected chi connectivity index (χ2v) is 3.36. The van der Waals surface area contributed by atoms with Crippen LogP contribution in [0.1, 0.15) is 18.9 Å². The average molecular weight is 263 g/mol. The Balaban J connectivity index is 0. The van der Waals surface area contributed by atoms with E-state index in [4.69, 9.17) is 15.7 Å². The number of nitrogens with zero attached hydrogens (tertiary/aromatic N) is 1. The largest absolute Gasteiger partial charge is 1.00 e. The molecule has 1 aromatic heterocycles. The first kappa shape index (κ1) is 20.7. The molecule has 2 aromatic rings. The van der Waals surface area contributed by atoms with Gasteiger partial charge < -0.3 is 17.6 Å². The van der Waals surface area contributed by atoms with Crippen molar-refractivity contribution in [2.75, 3.05) is 6.54 Å². The van der Waals surface area contributed by atoms with Crippen molar-refractivity contribution in [3.8, 4) is 11.8 Å². The molecule has 0 fully saturated rings. The van der Waals surface area contributed by atoms with Gasteiger partial charge in [-0.25, -0.2) is 10.6 Å². The van der Waals surface area contributed by atoms with Crippen molar-refractivity contribution >= 4 is 11.0 Å². The Kier molecular flexibility index (Phi) is 12.8. The summed E-state index contributed by atoms with van der Waals surface area (Å²) < 4.78 is 5.16. The summed E-state index contributed by atoms with van der Waals surface area (Å²) in [5.74, 6) is 5.38. The van der Waals surface area contributed by atoms with Gasteiger partial charge >= 0.3 is 18.9 Å². The van der Waals surface area contributed by atoms with E-state index in [1.54, 1.807) is 6.26 Å². The molecule has 102 valence electrons. The zero-order valence-electron chi connectivity index (χ0n) is 12.2. The molecule has 0 aliphatic heterocycles. The van der Waals surface area contributed by atoms with E-state index in [2.05, 4.69) is 17.0 Å². The third-order valence-electron chi connectivity index (χ3n) is 2.08. The van der Waals surface area contributed by atoms with Crippen LogP contribution >= 0.6 is 0 Å². The zero-order chi connectivity index (χ0) is 13.2. The SMILES string of the molecule is CCC#CC[NH-].N=N[CH-]c1ccc2occc2c1.[CH3-].[Li+]. The average Bonchev–Trinajstić information content (AvgIpc) is 2.85. The maximum atomic E-state index is 6.66. The molecule has 0 spiro atoms. The number of nitrogens with one attached hydrogen (secondary N) is 2. The third-order valence-corrected chi connectivity index (χ3v) is 2.08. The van der Waals surface area contributed by atoms with Gasteiger partial charge in [-0.15, -0.1) is 11.8 Å². The minimum Gasteiger partial charge on any atom is -0.667 e. The maximum absolute atomic E-state index is 6.66. The number of furan rings is 1. The van der Waals surface area contributed by atoms with Crippen LogP contribution in [0.3, 0.4) is 0 Å². The van der Waals surface area contributed by atoms with Gasteiger partial charge in [0.2, 0.25) is 0 Å². The molecule has 0 saturated carbocycles. The molecule has 5 heteroatoms. The van der Waals surface area contributed by atoms with Crippen LogP contribution in [0, 0.1) is 31.3 Å². The number of hydrogen-bond acceptors (Lipinski definition) is 3. The van der Waals surface area contributed by atoms with E-state index in [0.717, 1.165) is 23.0 Å². The molecule has 1 aromatic carbocycles. The van der Waals surface area contributed by atoms with E-state index in [9.17, 15) is 0 Å². The Labute approximate surface area is 132 Å². The summed E-state index contributed by atoms with van der Waals surface area (Å²) in [6, 6.07) is 7.55. The molecule has 0 bridgehead atoms. The van der Waals surface area contributed by atoms with E-state index in [-0.39, 0.29) is 32.8 Å². The van der Waals surface area contributed by atoms with E-state index >= 15 is 0 Å². The summed E-state index contributed by atoms with van der Waals surface area (Å²) in [5.41, 5.74) is 15.0. The predicted octanol–water partition coefficient (Wildman–Crippen LogP) is 1.88. The molecular weight excluding hydrogens is 245 g/mol. The normalized spacial score (nSPS) is 7.90. The molecule has 1 heterocycles. The van der Waals surface area contributed by atoms with Crippen molar-refractivity contribution < 1.29 is 23.3 Å². The van der Waals surface area contributed by atoms with Gasteiger partial charge in [0, 0.05) is 6.42 Å². The first-order valence-electron chi connectivity index (χ1n) is 5.59. The molecule has 20 heavy (non-hydrogen) atoms. The van der Waals surface area contributed by atoms with Gasteiger partial charge in [0.15, 0.2) is 0 Å². The number of fused-ring (bicyclic) bond motifs is 1. The van der Waals surface area contributed by atoms with Crippen LogP contribution in [0.5, 0.6) is 0 Å². The van der Waals surface area contributed by atoms with Gasteiger partial charge in [0.1, 0.15) is 5.58 Å². The molecule has 0 amide bonds. The van der Waals surface area contributed by atoms with E-state index in [0.29, 0.717) is 0 Å². The van der Waals surface area contributed by atoms with Crippen LogP contribution in [0.2, 0.25) is 0 Å². The fraction of sp³-hybridized carbons (Fsp3) is 0.200. The summed E-state index contributed by atoms with van der Waals surface area (Å²) >= 11 is 0. The number of benzene rings is 1. The topological polar surface area (TPSA) is 73.2 Å². The molecular formula is C15H18LiN3O-2.